The van der Waals surface area contributed by atoms with E-state index in [4.69, 9.17) is 5.73 Å². The first-order chi connectivity index (χ1) is 9.02. The fourth-order valence-electron chi connectivity index (χ4n) is 2.57. The van der Waals surface area contributed by atoms with E-state index in [1.54, 1.807) is 0 Å². The number of hydrogen-bond acceptors (Lipinski definition) is 3. The molecule has 0 saturated heterocycles. The molecule has 4 heteroatoms. The lowest BCUT2D eigenvalue weighted by molar-refractivity contribution is 0.149. The Hall–Kier alpha value is -0.870. The zero-order chi connectivity index (χ0) is 14.0. The van der Waals surface area contributed by atoms with E-state index in [0.29, 0.717) is 24.7 Å². The van der Waals surface area contributed by atoms with Gasteiger partial charge in [-0.1, -0.05) is 0 Å². The van der Waals surface area contributed by atoms with Gasteiger partial charge in [-0.15, -0.1) is 0 Å². The smallest absolute Gasteiger partial charge is 0.0538 e. The van der Waals surface area contributed by atoms with Gasteiger partial charge in [0.1, 0.15) is 0 Å². The van der Waals surface area contributed by atoms with Gasteiger partial charge < -0.3 is 5.73 Å². The second kappa shape index (κ2) is 6.06. The van der Waals surface area contributed by atoms with Crippen molar-refractivity contribution >= 4 is 0 Å². The summed E-state index contributed by atoms with van der Waals surface area (Å²) in [5, 5.41) is 4.46. The van der Waals surface area contributed by atoms with E-state index in [1.807, 2.05) is 10.9 Å². The average Bonchev–Trinajstić information content (AvgIpc) is 3.03. The molecule has 0 aliphatic heterocycles. The summed E-state index contributed by atoms with van der Waals surface area (Å²) in [5.41, 5.74) is 7.30. The van der Waals surface area contributed by atoms with Crippen LogP contribution in [0.5, 0.6) is 0 Å². The Labute approximate surface area is 117 Å². The molecule has 0 bridgehead atoms. The summed E-state index contributed by atoms with van der Waals surface area (Å²) in [4.78, 5) is 2.54. The van der Waals surface area contributed by atoms with Gasteiger partial charge in [0.2, 0.25) is 0 Å². The zero-order valence-corrected chi connectivity index (χ0v) is 12.7. The lowest BCUT2D eigenvalue weighted by Crippen LogP contribution is -2.39. The Balaban J connectivity index is 2.14. The third kappa shape index (κ3) is 3.57. The molecule has 1 unspecified atom stereocenters. The molecule has 0 radical (unpaired) electrons. The van der Waals surface area contributed by atoms with Crippen molar-refractivity contribution in [1.29, 1.82) is 0 Å². The molecular formula is C15H28N4. The van der Waals surface area contributed by atoms with Crippen LogP contribution in [0, 0.1) is 5.92 Å². The molecule has 1 atom stereocenters. The Bertz CT molecular complexity index is 393. The van der Waals surface area contributed by atoms with Crippen LogP contribution in [0.3, 0.4) is 0 Å². The number of hydrogen-bond donors (Lipinski definition) is 1. The highest BCUT2D eigenvalue weighted by atomic mass is 15.3. The maximum absolute atomic E-state index is 6.05. The minimum atomic E-state index is 0.299. The molecule has 1 aliphatic rings. The molecule has 1 aromatic rings. The molecule has 0 amide bonds. The van der Waals surface area contributed by atoms with E-state index in [9.17, 15) is 0 Å². The molecule has 2 N–H and O–H groups in total. The van der Waals surface area contributed by atoms with Crippen LogP contribution < -0.4 is 5.73 Å². The lowest BCUT2D eigenvalue weighted by atomic mass is 10.1. The zero-order valence-electron chi connectivity index (χ0n) is 12.7. The van der Waals surface area contributed by atoms with Crippen LogP contribution in [0.4, 0.5) is 0 Å². The monoisotopic (exact) mass is 264 g/mol. The Morgan fingerprint density at radius 1 is 1.37 bits per heavy atom. The van der Waals surface area contributed by atoms with Crippen molar-refractivity contribution in [3.05, 3.63) is 18.0 Å². The average molecular weight is 264 g/mol. The molecule has 1 aromatic heterocycles. The normalized spacial score (nSPS) is 17.7. The third-order valence-electron chi connectivity index (χ3n) is 3.99. The van der Waals surface area contributed by atoms with E-state index in [0.717, 1.165) is 5.92 Å². The van der Waals surface area contributed by atoms with E-state index >= 15 is 0 Å². The molecule has 19 heavy (non-hydrogen) atoms. The molecule has 1 saturated carbocycles. The molecule has 0 spiro atoms. The standard InChI is InChI=1S/C15H28N4/c1-11(2)18(9-13-5-6-13)15(7-16)14-8-17-19(10-14)12(3)4/h8,10-13,15H,5-7,9,16H2,1-4H3. The SMILES string of the molecule is CC(C)N(CC1CC1)C(CN)c1cnn(C(C)C)c1. The van der Waals surface area contributed by atoms with Gasteiger partial charge in [-0.3, -0.25) is 9.58 Å². The molecule has 1 fully saturated rings. The minimum absolute atomic E-state index is 0.299. The number of rotatable bonds is 7. The molecule has 108 valence electrons. The van der Waals surface area contributed by atoms with Gasteiger partial charge in [-0.25, -0.2) is 0 Å². The van der Waals surface area contributed by atoms with Crippen LogP contribution in [-0.4, -0.2) is 33.8 Å². The molecular weight excluding hydrogens is 236 g/mol. The molecule has 1 aliphatic carbocycles. The van der Waals surface area contributed by atoms with Gasteiger partial charge in [0.05, 0.1) is 12.2 Å². The molecule has 2 rings (SSSR count). The van der Waals surface area contributed by atoms with Crippen molar-refractivity contribution in [3.63, 3.8) is 0 Å². The van der Waals surface area contributed by atoms with Crippen LogP contribution in [0.1, 0.15) is 58.2 Å². The number of nitrogens with zero attached hydrogens (tertiary/aromatic N) is 3. The van der Waals surface area contributed by atoms with E-state index < -0.39 is 0 Å². The first-order valence-corrected chi connectivity index (χ1v) is 7.52. The molecule has 0 aromatic carbocycles. The summed E-state index contributed by atoms with van der Waals surface area (Å²) in [5.74, 6) is 0.886. The highest BCUT2D eigenvalue weighted by Gasteiger charge is 2.30. The number of nitrogens with two attached hydrogens (primary N) is 1. The first-order valence-electron chi connectivity index (χ1n) is 7.52. The summed E-state index contributed by atoms with van der Waals surface area (Å²) in [6.45, 7) is 10.7. The van der Waals surface area contributed by atoms with E-state index in [-0.39, 0.29) is 0 Å². The fraction of sp³-hybridized carbons (Fsp3) is 0.800. The van der Waals surface area contributed by atoms with Crippen LogP contribution in [0.15, 0.2) is 12.4 Å². The topological polar surface area (TPSA) is 47.1 Å². The van der Waals surface area contributed by atoms with Gasteiger partial charge in [0, 0.05) is 36.9 Å². The Morgan fingerprint density at radius 2 is 2.05 bits per heavy atom. The largest absolute Gasteiger partial charge is 0.329 e. The Kier molecular flexibility index (Phi) is 4.63. The quantitative estimate of drug-likeness (QED) is 0.823. The lowest BCUT2D eigenvalue weighted by Gasteiger charge is -2.34. The van der Waals surface area contributed by atoms with E-state index in [1.165, 1.54) is 24.9 Å². The second-order valence-corrected chi connectivity index (χ2v) is 6.33. The number of aromatic nitrogens is 2. The maximum Gasteiger partial charge on any atom is 0.0538 e. The highest BCUT2D eigenvalue weighted by Crippen LogP contribution is 2.33. The van der Waals surface area contributed by atoms with Crippen LogP contribution in [0.25, 0.3) is 0 Å². The van der Waals surface area contributed by atoms with Gasteiger partial charge >= 0.3 is 0 Å². The van der Waals surface area contributed by atoms with Crippen LogP contribution in [-0.2, 0) is 0 Å². The van der Waals surface area contributed by atoms with Crippen molar-refractivity contribution < 1.29 is 0 Å². The van der Waals surface area contributed by atoms with Crippen LogP contribution >= 0.6 is 0 Å². The van der Waals surface area contributed by atoms with Crippen molar-refractivity contribution in [3.8, 4) is 0 Å². The summed E-state index contributed by atoms with van der Waals surface area (Å²) in [7, 11) is 0. The maximum atomic E-state index is 6.05. The van der Waals surface area contributed by atoms with Gasteiger partial charge in [0.25, 0.3) is 0 Å². The van der Waals surface area contributed by atoms with Crippen molar-refractivity contribution in [2.75, 3.05) is 13.1 Å². The Morgan fingerprint density at radius 3 is 2.47 bits per heavy atom. The fourth-order valence-corrected chi connectivity index (χ4v) is 2.57. The molecule has 1 heterocycles. The van der Waals surface area contributed by atoms with Gasteiger partial charge in [-0.2, -0.15) is 5.10 Å². The van der Waals surface area contributed by atoms with Crippen LogP contribution in [0.2, 0.25) is 0 Å². The van der Waals surface area contributed by atoms with Crippen molar-refractivity contribution in [2.24, 2.45) is 11.7 Å². The minimum Gasteiger partial charge on any atom is -0.329 e. The van der Waals surface area contributed by atoms with E-state index in [2.05, 4.69) is 43.9 Å². The summed E-state index contributed by atoms with van der Waals surface area (Å²) < 4.78 is 2.02. The molecule has 4 nitrogen and oxygen atoms in total. The van der Waals surface area contributed by atoms with Crippen molar-refractivity contribution in [2.45, 2.75) is 58.7 Å². The van der Waals surface area contributed by atoms with Gasteiger partial charge in [0.15, 0.2) is 0 Å². The summed E-state index contributed by atoms with van der Waals surface area (Å²) >= 11 is 0. The second-order valence-electron chi connectivity index (χ2n) is 6.33. The predicted molar refractivity (Wildman–Crippen MR) is 79.0 cm³/mol. The van der Waals surface area contributed by atoms with Crippen molar-refractivity contribution in [1.82, 2.24) is 14.7 Å². The highest BCUT2D eigenvalue weighted by molar-refractivity contribution is 5.12. The summed E-state index contributed by atoms with van der Waals surface area (Å²) in [6, 6.07) is 1.23. The summed E-state index contributed by atoms with van der Waals surface area (Å²) in [6.07, 6.45) is 6.90. The predicted octanol–water partition coefficient (Wildman–Crippen LogP) is 2.58. The third-order valence-corrected chi connectivity index (χ3v) is 3.99. The first kappa shape index (κ1) is 14.5. The van der Waals surface area contributed by atoms with Gasteiger partial charge in [-0.05, 0) is 46.5 Å².